The molecule has 0 aliphatic heterocycles. The van der Waals surface area contributed by atoms with Gasteiger partial charge >= 0.3 is 5.69 Å². The van der Waals surface area contributed by atoms with E-state index >= 15 is 0 Å². The molecule has 0 saturated carbocycles. The summed E-state index contributed by atoms with van der Waals surface area (Å²) < 4.78 is 31.6. The van der Waals surface area contributed by atoms with Gasteiger partial charge in [-0.1, -0.05) is 6.07 Å². The first kappa shape index (κ1) is 13.4. The molecular weight excluding hydrogens is 270 g/mol. The van der Waals surface area contributed by atoms with E-state index in [-0.39, 0.29) is 5.75 Å². The number of nitriles is 1. The van der Waals surface area contributed by atoms with E-state index in [1.54, 1.807) is 6.07 Å². The molecular formula is C13H6F2N2O3. The molecule has 100 valence electrons. The lowest BCUT2D eigenvalue weighted by Gasteiger charge is -2.08. The molecule has 0 aliphatic carbocycles. The minimum absolute atomic E-state index is 0.221. The summed E-state index contributed by atoms with van der Waals surface area (Å²) in [6.45, 7) is 0. The molecule has 2 aromatic carbocycles. The van der Waals surface area contributed by atoms with Gasteiger partial charge in [0.25, 0.3) is 0 Å². The molecule has 5 nitrogen and oxygen atoms in total. The van der Waals surface area contributed by atoms with Gasteiger partial charge in [-0.3, -0.25) is 10.1 Å². The van der Waals surface area contributed by atoms with E-state index in [1.807, 2.05) is 0 Å². The number of nitro benzene ring substituents is 1. The van der Waals surface area contributed by atoms with Crippen molar-refractivity contribution in [2.75, 3.05) is 0 Å². The molecule has 0 amide bonds. The molecule has 0 aromatic heterocycles. The Bertz CT molecular complexity index is 726. The second kappa shape index (κ2) is 5.32. The van der Waals surface area contributed by atoms with Crippen molar-refractivity contribution in [3.8, 4) is 17.6 Å². The largest absolute Gasteiger partial charge is 0.449 e. The number of hydrogen-bond donors (Lipinski definition) is 0. The molecule has 2 rings (SSSR count). The predicted octanol–water partition coefficient (Wildman–Crippen LogP) is 3.54. The van der Waals surface area contributed by atoms with Crippen LogP contribution in [0.3, 0.4) is 0 Å². The molecule has 7 heteroatoms. The molecule has 0 unspecified atom stereocenters. The number of benzene rings is 2. The van der Waals surface area contributed by atoms with Crippen LogP contribution in [0.15, 0.2) is 36.4 Å². The quantitative estimate of drug-likeness (QED) is 0.634. The Kier molecular flexibility index (Phi) is 3.57. The zero-order valence-corrected chi connectivity index (χ0v) is 9.84. The summed E-state index contributed by atoms with van der Waals surface area (Å²) >= 11 is 0. The van der Waals surface area contributed by atoms with Gasteiger partial charge in [-0.2, -0.15) is 5.26 Å². The lowest BCUT2D eigenvalue weighted by molar-refractivity contribution is -0.385. The zero-order chi connectivity index (χ0) is 14.7. The molecule has 0 spiro atoms. The molecule has 0 N–H and O–H groups in total. The molecule has 20 heavy (non-hydrogen) atoms. The molecule has 0 heterocycles. The minimum Gasteiger partial charge on any atom is -0.449 e. The van der Waals surface area contributed by atoms with Crippen molar-refractivity contribution in [1.82, 2.24) is 0 Å². The van der Waals surface area contributed by atoms with Gasteiger partial charge in [-0.25, -0.2) is 8.78 Å². The van der Waals surface area contributed by atoms with Crippen molar-refractivity contribution in [2.45, 2.75) is 0 Å². The third kappa shape index (κ3) is 2.54. The first-order valence-corrected chi connectivity index (χ1v) is 5.33. The Morgan fingerprint density at radius 2 is 1.95 bits per heavy atom. The summed E-state index contributed by atoms with van der Waals surface area (Å²) in [6, 6.07) is 7.79. The first-order valence-electron chi connectivity index (χ1n) is 5.33. The van der Waals surface area contributed by atoms with E-state index in [1.165, 1.54) is 12.1 Å². The van der Waals surface area contributed by atoms with Crippen LogP contribution < -0.4 is 4.74 Å². The van der Waals surface area contributed by atoms with Crippen LogP contribution in [0.1, 0.15) is 5.56 Å². The fourth-order valence-corrected chi connectivity index (χ4v) is 1.54. The van der Waals surface area contributed by atoms with Crippen molar-refractivity contribution < 1.29 is 18.4 Å². The van der Waals surface area contributed by atoms with Gasteiger partial charge in [0.1, 0.15) is 29.0 Å². The van der Waals surface area contributed by atoms with E-state index in [9.17, 15) is 18.9 Å². The van der Waals surface area contributed by atoms with Crippen molar-refractivity contribution in [3.05, 3.63) is 63.7 Å². The Hall–Kier alpha value is -3.01. The predicted molar refractivity (Wildman–Crippen MR) is 64.2 cm³/mol. The highest BCUT2D eigenvalue weighted by molar-refractivity contribution is 5.52. The maximum Gasteiger partial charge on any atom is 0.311 e. The van der Waals surface area contributed by atoms with Crippen molar-refractivity contribution in [2.24, 2.45) is 0 Å². The first-order chi connectivity index (χ1) is 9.52. The zero-order valence-electron chi connectivity index (χ0n) is 9.84. The van der Waals surface area contributed by atoms with Crippen LogP contribution >= 0.6 is 0 Å². The third-order valence-corrected chi connectivity index (χ3v) is 2.43. The Morgan fingerprint density at radius 3 is 2.60 bits per heavy atom. The fraction of sp³-hybridized carbons (Fsp3) is 0. The van der Waals surface area contributed by atoms with E-state index < -0.39 is 33.6 Å². The van der Waals surface area contributed by atoms with Crippen LogP contribution in [0, 0.1) is 33.1 Å². The summed E-state index contributed by atoms with van der Waals surface area (Å²) in [5, 5.41) is 19.6. The van der Waals surface area contributed by atoms with E-state index in [0.717, 1.165) is 24.3 Å². The average Bonchev–Trinajstić information content (AvgIpc) is 2.38. The SMILES string of the molecule is N#Cc1c(F)cccc1Oc1cc(F)ccc1[N+](=O)[O-]. The molecule has 0 bridgehead atoms. The smallest absolute Gasteiger partial charge is 0.311 e. The Morgan fingerprint density at radius 1 is 1.20 bits per heavy atom. The number of halogens is 2. The second-order valence-corrected chi connectivity index (χ2v) is 3.70. The summed E-state index contributed by atoms with van der Waals surface area (Å²) in [5.74, 6) is -2.21. The van der Waals surface area contributed by atoms with Crippen LogP contribution in [-0.2, 0) is 0 Å². The molecule has 0 fully saturated rings. The molecule has 0 saturated heterocycles. The van der Waals surface area contributed by atoms with Gasteiger partial charge in [0.15, 0.2) is 0 Å². The topological polar surface area (TPSA) is 76.2 Å². The monoisotopic (exact) mass is 276 g/mol. The van der Waals surface area contributed by atoms with Crippen LogP contribution in [0.5, 0.6) is 11.5 Å². The van der Waals surface area contributed by atoms with Gasteiger partial charge in [0.2, 0.25) is 5.75 Å². The van der Waals surface area contributed by atoms with Crippen molar-refractivity contribution in [1.29, 1.82) is 5.26 Å². The lowest BCUT2D eigenvalue weighted by atomic mass is 10.2. The highest BCUT2D eigenvalue weighted by Crippen LogP contribution is 2.33. The van der Waals surface area contributed by atoms with E-state index in [0.29, 0.717) is 0 Å². The van der Waals surface area contributed by atoms with Crippen LogP contribution in [0.25, 0.3) is 0 Å². The van der Waals surface area contributed by atoms with Crippen LogP contribution in [0.4, 0.5) is 14.5 Å². The third-order valence-electron chi connectivity index (χ3n) is 2.43. The van der Waals surface area contributed by atoms with Gasteiger partial charge in [0, 0.05) is 12.1 Å². The maximum absolute atomic E-state index is 13.4. The normalized spacial score (nSPS) is 9.85. The highest BCUT2D eigenvalue weighted by atomic mass is 19.1. The Labute approximate surface area is 111 Å². The number of ether oxygens (including phenoxy) is 1. The molecule has 0 radical (unpaired) electrons. The summed E-state index contributed by atoms with van der Waals surface area (Å²) in [7, 11) is 0. The molecule has 0 atom stereocenters. The van der Waals surface area contributed by atoms with E-state index in [4.69, 9.17) is 10.00 Å². The fourth-order valence-electron chi connectivity index (χ4n) is 1.54. The van der Waals surface area contributed by atoms with Crippen LogP contribution in [-0.4, -0.2) is 4.92 Å². The van der Waals surface area contributed by atoms with Gasteiger partial charge in [-0.05, 0) is 18.2 Å². The minimum atomic E-state index is -0.830. The molecule has 2 aromatic rings. The lowest BCUT2D eigenvalue weighted by Crippen LogP contribution is -1.96. The van der Waals surface area contributed by atoms with Crippen LogP contribution in [0.2, 0.25) is 0 Å². The van der Waals surface area contributed by atoms with Crippen molar-refractivity contribution >= 4 is 5.69 Å². The average molecular weight is 276 g/mol. The number of nitro groups is 1. The van der Waals surface area contributed by atoms with Crippen molar-refractivity contribution in [3.63, 3.8) is 0 Å². The summed E-state index contributed by atoms with van der Waals surface area (Å²) in [4.78, 5) is 10.0. The van der Waals surface area contributed by atoms with E-state index in [2.05, 4.69) is 0 Å². The molecule has 0 aliphatic rings. The number of nitrogens with zero attached hydrogens (tertiary/aromatic N) is 2. The highest BCUT2D eigenvalue weighted by Gasteiger charge is 2.19. The summed E-state index contributed by atoms with van der Waals surface area (Å²) in [6.07, 6.45) is 0. The number of rotatable bonds is 3. The van der Waals surface area contributed by atoms with Gasteiger partial charge < -0.3 is 4.74 Å². The van der Waals surface area contributed by atoms with Gasteiger partial charge in [-0.15, -0.1) is 0 Å². The Balaban J connectivity index is 2.51. The van der Waals surface area contributed by atoms with Gasteiger partial charge in [0.05, 0.1) is 4.92 Å². The number of hydrogen-bond acceptors (Lipinski definition) is 4. The second-order valence-electron chi connectivity index (χ2n) is 3.70. The maximum atomic E-state index is 13.4. The standard InChI is InChI=1S/C13H6F2N2O3/c14-8-4-5-11(17(18)19)13(6-8)20-12-3-1-2-10(15)9(12)7-16/h1-6H. The summed E-state index contributed by atoms with van der Waals surface area (Å²) in [5.41, 5.74) is -0.898.